The zero-order chi connectivity index (χ0) is 10.4. The Morgan fingerprint density at radius 2 is 2.00 bits per heavy atom. The van der Waals surface area contributed by atoms with E-state index in [0.29, 0.717) is 12.0 Å². The minimum atomic E-state index is 0.211. The molecule has 0 aromatic rings. The van der Waals surface area contributed by atoms with Gasteiger partial charge >= 0.3 is 0 Å². The molecule has 2 heteroatoms. The molecule has 0 N–H and O–H groups in total. The van der Waals surface area contributed by atoms with E-state index in [9.17, 15) is 0 Å². The molecule has 0 saturated heterocycles. The summed E-state index contributed by atoms with van der Waals surface area (Å²) in [7, 11) is 1.86. The van der Waals surface area contributed by atoms with Crippen LogP contribution in [0.1, 0.15) is 34.1 Å². The van der Waals surface area contributed by atoms with E-state index in [4.69, 9.17) is 4.74 Å². The largest absolute Gasteiger partial charge is 0.371 e. The van der Waals surface area contributed by atoms with Crippen LogP contribution in [0.4, 0.5) is 0 Å². The molecule has 0 aliphatic carbocycles. The van der Waals surface area contributed by atoms with Crippen LogP contribution in [0.2, 0.25) is 0 Å². The Labute approximate surface area is 85.2 Å². The van der Waals surface area contributed by atoms with E-state index in [1.165, 1.54) is 5.17 Å². The van der Waals surface area contributed by atoms with Gasteiger partial charge in [0, 0.05) is 0 Å². The second-order valence-electron chi connectivity index (χ2n) is 3.75. The molecule has 2 unspecified atom stereocenters. The van der Waals surface area contributed by atoms with Gasteiger partial charge in [-0.2, -0.15) is 0 Å². The second kappa shape index (κ2) is 6.27. The third-order valence-corrected chi connectivity index (χ3v) is 3.17. The molecule has 0 rings (SSSR count). The molecule has 0 aromatic heterocycles. The third-order valence-electron chi connectivity index (χ3n) is 2.31. The monoisotopic (exact) mass is 198 g/mol. The van der Waals surface area contributed by atoms with Crippen LogP contribution in [0.15, 0.2) is 12.7 Å². The van der Waals surface area contributed by atoms with Crippen molar-refractivity contribution in [1.29, 1.82) is 0 Å². The fourth-order valence-corrected chi connectivity index (χ4v) is 1.34. The Balaban J connectivity index is 4.08. The molecule has 2 atom stereocenters. The van der Waals surface area contributed by atoms with Crippen LogP contribution in [0, 0.1) is 5.92 Å². The van der Waals surface area contributed by atoms with Crippen molar-refractivity contribution in [2.24, 2.45) is 5.92 Å². The van der Waals surface area contributed by atoms with E-state index in [1.54, 1.807) is 0 Å². The van der Waals surface area contributed by atoms with Crippen LogP contribution in [0.25, 0.3) is 0 Å². The predicted octanol–water partition coefficient (Wildman–Crippen LogP) is 1.82. The van der Waals surface area contributed by atoms with E-state index < -0.39 is 0 Å². The number of rotatable bonds is 6. The lowest BCUT2D eigenvalue weighted by atomic mass is 10.0. The van der Waals surface area contributed by atoms with Crippen molar-refractivity contribution in [2.75, 3.05) is 0 Å². The van der Waals surface area contributed by atoms with Gasteiger partial charge in [0.25, 0.3) is 0 Å². The third kappa shape index (κ3) is 4.53. The van der Waals surface area contributed by atoms with Gasteiger partial charge in [0.05, 0.1) is 12.2 Å². The maximum absolute atomic E-state index is 5.91. The van der Waals surface area contributed by atoms with Crippen molar-refractivity contribution in [3.8, 4) is 0 Å². The zero-order valence-electron chi connectivity index (χ0n) is 9.34. The predicted molar refractivity (Wildman–Crippen MR) is 63.2 cm³/mol. The van der Waals surface area contributed by atoms with Crippen molar-refractivity contribution in [3.63, 3.8) is 0 Å². The fourth-order valence-electron chi connectivity index (χ4n) is 1.24. The number of hydrogen-bond donors (Lipinski definition) is 0. The number of hydrogen-bond acceptors (Lipinski definition) is 1. The van der Waals surface area contributed by atoms with Crippen molar-refractivity contribution >= 4 is 15.0 Å². The maximum atomic E-state index is 5.91. The van der Waals surface area contributed by atoms with Gasteiger partial charge < -0.3 is 4.74 Å². The molecule has 0 fully saturated rings. The van der Waals surface area contributed by atoms with Gasteiger partial charge in [-0.1, -0.05) is 33.4 Å². The minimum absolute atomic E-state index is 0.211. The zero-order valence-corrected chi connectivity index (χ0v) is 10.8. The standard InChI is InChI=1S/C11H22OSi/c1-6-10(8(3)4)12-9(5)11(13)7-2/h7-10H,2,6,13H2,1,3-5H3. The smallest absolute Gasteiger partial charge is 0.0752 e. The van der Waals surface area contributed by atoms with Crippen molar-refractivity contribution in [1.82, 2.24) is 0 Å². The molecule has 1 nitrogen and oxygen atoms in total. The van der Waals surface area contributed by atoms with Crippen molar-refractivity contribution in [3.05, 3.63) is 12.7 Å². The average Bonchev–Trinajstić information content (AvgIpc) is 2.11. The van der Waals surface area contributed by atoms with Crippen LogP contribution in [-0.4, -0.2) is 27.2 Å². The second-order valence-corrected chi connectivity index (χ2v) is 4.56. The normalized spacial score (nSPS) is 15.5. The summed E-state index contributed by atoms with van der Waals surface area (Å²) in [5.74, 6) is 0.591. The Morgan fingerprint density at radius 1 is 1.46 bits per heavy atom. The molecule has 0 aromatic carbocycles. The van der Waals surface area contributed by atoms with Crippen molar-refractivity contribution in [2.45, 2.75) is 46.3 Å². The fraction of sp³-hybridized carbons (Fsp3) is 0.727. The summed E-state index contributed by atoms with van der Waals surface area (Å²) < 4.78 is 5.91. The summed E-state index contributed by atoms with van der Waals surface area (Å²) in [4.78, 5) is 0. The van der Waals surface area contributed by atoms with Crippen LogP contribution in [0.5, 0.6) is 0 Å². The molecule has 0 amide bonds. The highest BCUT2D eigenvalue weighted by molar-refractivity contribution is 6.43. The molecule has 0 radical (unpaired) electrons. The van der Waals surface area contributed by atoms with Gasteiger partial charge in [-0.25, -0.2) is 0 Å². The molecule has 0 bridgehead atoms. The molecule has 0 heterocycles. The minimum Gasteiger partial charge on any atom is -0.371 e. The SMILES string of the molecule is C=CC(=[SiH2])C(C)OC(CC)C(C)C. The Bertz CT molecular complexity index is 175. The van der Waals surface area contributed by atoms with Gasteiger partial charge in [-0.3, -0.25) is 0 Å². The molecule has 13 heavy (non-hydrogen) atoms. The topological polar surface area (TPSA) is 9.23 Å². The highest BCUT2D eigenvalue weighted by Gasteiger charge is 2.15. The van der Waals surface area contributed by atoms with E-state index in [0.717, 1.165) is 6.42 Å². The van der Waals surface area contributed by atoms with E-state index >= 15 is 0 Å². The quantitative estimate of drug-likeness (QED) is 0.592. The van der Waals surface area contributed by atoms with Gasteiger partial charge in [0.15, 0.2) is 0 Å². The molecular weight excluding hydrogens is 176 g/mol. The van der Waals surface area contributed by atoms with E-state index in [-0.39, 0.29) is 6.10 Å². The maximum Gasteiger partial charge on any atom is 0.0752 e. The van der Waals surface area contributed by atoms with Gasteiger partial charge in [-0.05, 0) is 34.3 Å². The molecular formula is C11H22OSi. The van der Waals surface area contributed by atoms with Crippen LogP contribution in [0.3, 0.4) is 0 Å². The molecule has 0 aliphatic heterocycles. The molecule has 0 saturated carbocycles. The highest BCUT2D eigenvalue weighted by Crippen LogP contribution is 2.13. The summed E-state index contributed by atoms with van der Waals surface area (Å²) in [5, 5.41) is 1.24. The molecule has 76 valence electrons. The lowest BCUT2D eigenvalue weighted by molar-refractivity contribution is 0.00291. The van der Waals surface area contributed by atoms with Crippen molar-refractivity contribution < 1.29 is 4.74 Å². The van der Waals surface area contributed by atoms with Gasteiger partial charge in [0.2, 0.25) is 0 Å². The first-order chi connectivity index (χ1) is 6.02. The van der Waals surface area contributed by atoms with Gasteiger partial charge in [0.1, 0.15) is 0 Å². The first-order valence-electron chi connectivity index (χ1n) is 4.99. The molecule has 0 spiro atoms. The lowest BCUT2D eigenvalue weighted by Crippen LogP contribution is -2.29. The average molecular weight is 198 g/mol. The Hall–Kier alpha value is -0.213. The summed E-state index contributed by atoms with van der Waals surface area (Å²) in [6.45, 7) is 12.4. The lowest BCUT2D eigenvalue weighted by Gasteiger charge is -2.24. The van der Waals surface area contributed by atoms with E-state index in [2.05, 4.69) is 34.3 Å². The van der Waals surface area contributed by atoms with Crippen LogP contribution < -0.4 is 0 Å². The summed E-state index contributed by atoms with van der Waals surface area (Å²) in [5.41, 5.74) is 0. The first kappa shape index (κ1) is 12.8. The summed E-state index contributed by atoms with van der Waals surface area (Å²) in [6.07, 6.45) is 3.55. The van der Waals surface area contributed by atoms with E-state index in [1.807, 2.05) is 15.9 Å². The molecule has 0 aliphatic rings. The highest BCUT2D eigenvalue weighted by atomic mass is 28.1. The number of ether oxygens (including phenoxy) is 1. The van der Waals surface area contributed by atoms with Crippen LogP contribution >= 0.6 is 0 Å². The summed E-state index contributed by atoms with van der Waals surface area (Å²) in [6, 6.07) is 0. The Kier molecular flexibility index (Phi) is 6.17. The van der Waals surface area contributed by atoms with Gasteiger partial charge in [-0.15, -0.1) is 0 Å². The summed E-state index contributed by atoms with van der Waals surface area (Å²) >= 11 is 0. The first-order valence-corrected chi connectivity index (χ1v) is 5.70. The van der Waals surface area contributed by atoms with Crippen LogP contribution in [-0.2, 0) is 4.74 Å². The Morgan fingerprint density at radius 3 is 2.31 bits per heavy atom.